The maximum Gasteiger partial charge on any atom is 0.407 e. The number of amides is 2. The number of fused-ring (bicyclic) bond motifs is 3. The first kappa shape index (κ1) is 23.0. The van der Waals surface area contributed by atoms with E-state index in [-0.39, 0.29) is 24.0 Å². The van der Waals surface area contributed by atoms with Crippen LogP contribution in [-0.2, 0) is 9.53 Å². The van der Waals surface area contributed by atoms with E-state index in [0.717, 1.165) is 22.3 Å². The first-order valence-corrected chi connectivity index (χ1v) is 11.1. The molecule has 0 saturated heterocycles. The van der Waals surface area contributed by atoms with Gasteiger partial charge < -0.3 is 20.5 Å². The van der Waals surface area contributed by atoms with E-state index in [1.165, 1.54) is 12.1 Å². The third kappa shape index (κ3) is 4.78. The number of hydrogen-bond donors (Lipinski definition) is 3. The molecular weight excluding hydrogens is 432 g/mol. The Bertz CT molecular complexity index is 1190. The van der Waals surface area contributed by atoms with Gasteiger partial charge in [0, 0.05) is 11.6 Å². The predicted octanol–water partition coefficient (Wildman–Crippen LogP) is 4.89. The standard InChI is InChI=1S/C27H26N2O5/c1-16(2)24(25(30)28-18-9-7-8-17(14-18)26(31)32)29-27(33)34-15-23-21-12-5-3-10-19(21)20-11-4-6-13-22(20)23/h3-14,16,23-24H,15H2,1-2H3,(H,28,30)(H,29,33)(H,31,32). The molecule has 3 aromatic rings. The Morgan fingerprint density at radius 3 is 2.12 bits per heavy atom. The summed E-state index contributed by atoms with van der Waals surface area (Å²) in [6, 6.07) is 21.2. The molecule has 7 heteroatoms. The second-order valence-electron chi connectivity index (χ2n) is 8.57. The van der Waals surface area contributed by atoms with Gasteiger partial charge in [-0.3, -0.25) is 4.79 Å². The highest BCUT2D eigenvalue weighted by atomic mass is 16.5. The molecule has 3 aromatic carbocycles. The fraction of sp³-hybridized carbons (Fsp3) is 0.222. The molecule has 0 spiro atoms. The fourth-order valence-corrected chi connectivity index (χ4v) is 4.25. The van der Waals surface area contributed by atoms with Gasteiger partial charge in [0.1, 0.15) is 12.6 Å². The van der Waals surface area contributed by atoms with Gasteiger partial charge in [-0.1, -0.05) is 68.4 Å². The first-order valence-electron chi connectivity index (χ1n) is 11.1. The molecular formula is C27H26N2O5. The summed E-state index contributed by atoms with van der Waals surface area (Å²) in [6.07, 6.45) is -0.685. The molecule has 7 nitrogen and oxygen atoms in total. The summed E-state index contributed by atoms with van der Waals surface area (Å²) < 4.78 is 5.56. The van der Waals surface area contributed by atoms with Crippen molar-refractivity contribution in [3.8, 4) is 11.1 Å². The Balaban J connectivity index is 1.42. The maximum atomic E-state index is 12.8. The summed E-state index contributed by atoms with van der Waals surface area (Å²) in [7, 11) is 0. The summed E-state index contributed by atoms with van der Waals surface area (Å²) in [5.74, 6) is -1.84. The average molecular weight is 459 g/mol. The van der Waals surface area contributed by atoms with Crippen molar-refractivity contribution in [1.82, 2.24) is 5.32 Å². The lowest BCUT2D eigenvalue weighted by atomic mass is 9.98. The van der Waals surface area contributed by atoms with E-state index in [9.17, 15) is 14.4 Å². The number of nitrogens with one attached hydrogen (secondary N) is 2. The van der Waals surface area contributed by atoms with Crippen LogP contribution in [-0.4, -0.2) is 35.7 Å². The third-order valence-electron chi connectivity index (χ3n) is 5.94. The lowest BCUT2D eigenvalue weighted by molar-refractivity contribution is -0.119. The normalized spacial score (nSPS) is 13.0. The molecule has 174 valence electrons. The Labute approximate surface area is 197 Å². The summed E-state index contributed by atoms with van der Waals surface area (Å²) in [5.41, 5.74) is 4.87. The van der Waals surface area contributed by atoms with E-state index in [1.54, 1.807) is 12.1 Å². The number of ether oxygens (including phenoxy) is 1. The molecule has 34 heavy (non-hydrogen) atoms. The van der Waals surface area contributed by atoms with Crippen LogP contribution >= 0.6 is 0 Å². The number of carbonyl (C=O) groups excluding carboxylic acids is 2. The SMILES string of the molecule is CC(C)C(NC(=O)OCC1c2ccccc2-c2ccccc21)C(=O)Nc1cccc(C(=O)O)c1. The van der Waals surface area contributed by atoms with Crippen LogP contribution in [0.25, 0.3) is 11.1 Å². The van der Waals surface area contributed by atoms with E-state index in [0.29, 0.717) is 5.69 Å². The van der Waals surface area contributed by atoms with Gasteiger partial charge in [0.25, 0.3) is 0 Å². The lowest BCUT2D eigenvalue weighted by Gasteiger charge is -2.22. The molecule has 4 rings (SSSR count). The molecule has 0 aromatic heterocycles. The number of alkyl carbamates (subject to hydrolysis) is 1. The van der Waals surface area contributed by atoms with Crippen molar-refractivity contribution in [2.45, 2.75) is 25.8 Å². The van der Waals surface area contributed by atoms with Crippen LogP contribution in [0.5, 0.6) is 0 Å². The summed E-state index contributed by atoms with van der Waals surface area (Å²) in [5, 5.41) is 14.5. The number of rotatable bonds is 7. The van der Waals surface area contributed by atoms with Crippen molar-refractivity contribution >= 4 is 23.7 Å². The Morgan fingerprint density at radius 2 is 1.53 bits per heavy atom. The fourth-order valence-electron chi connectivity index (χ4n) is 4.25. The van der Waals surface area contributed by atoms with Crippen molar-refractivity contribution in [2.75, 3.05) is 11.9 Å². The highest BCUT2D eigenvalue weighted by Gasteiger charge is 2.30. The topological polar surface area (TPSA) is 105 Å². The van der Waals surface area contributed by atoms with Crippen LogP contribution in [0.3, 0.4) is 0 Å². The third-order valence-corrected chi connectivity index (χ3v) is 5.94. The number of carboxylic acid groups (broad SMARTS) is 1. The monoisotopic (exact) mass is 458 g/mol. The smallest absolute Gasteiger partial charge is 0.407 e. The van der Waals surface area contributed by atoms with Crippen molar-refractivity contribution in [3.63, 3.8) is 0 Å². The number of anilines is 1. The predicted molar refractivity (Wildman–Crippen MR) is 129 cm³/mol. The molecule has 0 saturated carbocycles. The molecule has 1 aliphatic carbocycles. The second-order valence-corrected chi connectivity index (χ2v) is 8.57. The molecule has 0 aliphatic heterocycles. The van der Waals surface area contributed by atoms with Crippen LogP contribution in [0.4, 0.5) is 10.5 Å². The van der Waals surface area contributed by atoms with Crippen LogP contribution in [0.15, 0.2) is 72.8 Å². The number of hydrogen-bond acceptors (Lipinski definition) is 4. The molecule has 1 unspecified atom stereocenters. The molecule has 0 bridgehead atoms. The van der Waals surface area contributed by atoms with Gasteiger partial charge in [0.2, 0.25) is 5.91 Å². The number of aromatic carboxylic acids is 1. The van der Waals surface area contributed by atoms with Gasteiger partial charge in [-0.25, -0.2) is 9.59 Å². The zero-order chi connectivity index (χ0) is 24.2. The van der Waals surface area contributed by atoms with Crippen LogP contribution in [0, 0.1) is 5.92 Å². The van der Waals surface area contributed by atoms with Gasteiger partial charge in [-0.05, 0) is 46.4 Å². The minimum atomic E-state index is -1.09. The number of benzene rings is 3. The molecule has 3 N–H and O–H groups in total. The highest BCUT2D eigenvalue weighted by molar-refractivity contribution is 5.98. The van der Waals surface area contributed by atoms with Crippen LogP contribution < -0.4 is 10.6 Å². The van der Waals surface area contributed by atoms with Gasteiger partial charge in [0.05, 0.1) is 5.56 Å². The first-order chi connectivity index (χ1) is 16.3. The number of carbonyl (C=O) groups is 3. The lowest BCUT2D eigenvalue weighted by Crippen LogP contribution is -2.47. The van der Waals surface area contributed by atoms with Crippen molar-refractivity contribution in [1.29, 1.82) is 0 Å². The summed E-state index contributed by atoms with van der Waals surface area (Å²) >= 11 is 0. The van der Waals surface area contributed by atoms with Crippen LogP contribution in [0.1, 0.15) is 41.3 Å². The molecule has 2 amide bonds. The highest BCUT2D eigenvalue weighted by Crippen LogP contribution is 2.44. The Kier molecular flexibility index (Phi) is 6.63. The van der Waals surface area contributed by atoms with E-state index in [4.69, 9.17) is 9.84 Å². The Morgan fingerprint density at radius 1 is 0.912 bits per heavy atom. The van der Waals surface area contributed by atoms with E-state index in [2.05, 4.69) is 22.8 Å². The summed E-state index contributed by atoms with van der Waals surface area (Å²) in [4.78, 5) is 36.7. The molecule has 1 aliphatic rings. The van der Waals surface area contributed by atoms with Gasteiger partial charge in [0.15, 0.2) is 0 Å². The van der Waals surface area contributed by atoms with Gasteiger partial charge >= 0.3 is 12.1 Å². The number of carboxylic acids is 1. The molecule has 0 fully saturated rings. The summed E-state index contributed by atoms with van der Waals surface area (Å²) in [6.45, 7) is 3.76. The largest absolute Gasteiger partial charge is 0.478 e. The Hall–Kier alpha value is -4.13. The minimum Gasteiger partial charge on any atom is -0.478 e. The quantitative estimate of drug-likeness (QED) is 0.468. The van der Waals surface area contributed by atoms with Gasteiger partial charge in [-0.2, -0.15) is 0 Å². The van der Waals surface area contributed by atoms with Crippen molar-refractivity contribution in [3.05, 3.63) is 89.5 Å². The van der Waals surface area contributed by atoms with Crippen molar-refractivity contribution in [2.24, 2.45) is 5.92 Å². The maximum absolute atomic E-state index is 12.8. The molecule has 1 atom stereocenters. The molecule has 0 radical (unpaired) electrons. The van der Waals surface area contributed by atoms with E-state index < -0.39 is 24.0 Å². The van der Waals surface area contributed by atoms with E-state index in [1.807, 2.05) is 50.2 Å². The van der Waals surface area contributed by atoms with Crippen molar-refractivity contribution < 1.29 is 24.2 Å². The van der Waals surface area contributed by atoms with Gasteiger partial charge in [-0.15, -0.1) is 0 Å². The zero-order valence-corrected chi connectivity index (χ0v) is 18.9. The van der Waals surface area contributed by atoms with Crippen LogP contribution in [0.2, 0.25) is 0 Å². The van der Waals surface area contributed by atoms with E-state index >= 15 is 0 Å². The second kappa shape index (κ2) is 9.79. The average Bonchev–Trinajstić information content (AvgIpc) is 3.15. The zero-order valence-electron chi connectivity index (χ0n) is 18.9. The minimum absolute atomic E-state index is 0.0587. The molecule has 0 heterocycles.